The highest BCUT2D eigenvalue weighted by molar-refractivity contribution is 5.87. The van der Waals surface area contributed by atoms with Gasteiger partial charge in [-0.15, -0.1) is 0 Å². The number of para-hydroxylation sites is 1. The molecule has 2 aromatic rings. The Hall–Kier alpha value is -2.24. The third kappa shape index (κ3) is 5.03. The van der Waals surface area contributed by atoms with Gasteiger partial charge in [0, 0.05) is 36.0 Å². The van der Waals surface area contributed by atoms with Crippen LogP contribution in [0.4, 0.5) is 0 Å². The van der Waals surface area contributed by atoms with Crippen molar-refractivity contribution < 1.29 is 9.84 Å². The monoisotopic (exact) mass is 393 g/mol. The van der Waals surface area contributed by atoms with E-state index in [1.807, 2.05) is 18.3 Å². The van der Waals surface area contributed by atoms with E-state index in [1.54, 1.807) is 7.11 Å². The molecule has 0 unspecified atom stereocenters. The number of aryl methyl sites for hydroxylation is 1. The average molecular weight is 394 g/mol. The van der Waals surface area contributed by atoms with E-state index in [9.17, 15) is 5.11 Å². The summed E-state index contributed by atoms with van der Waals surface area (Å²) in [6, 6.07) is 10.7. The Kier molecular flexibility index (Phi) is 6.26. The molecule has 4 rings (SSSR count). The van der Waals surface area contributed by atoms with Crippen molar-refractivity contribution >= 4 is 16.6 Å². The van der Waals surface area contributed by atoms with Gasteiger partial charge in [-0.05, 0) is 63.0 Å². The van der Waals surface area contributed by atoms with E-state index in [-0.39, 0.29) is 0 Å². The maximum atomic E-state index is 11.1. The fourth-order valence-electron chi connectivity index (χ4n) is 4.43. The molecule has 1 fully saturated rings. The smallest absolute Gasteiger partial charge is 0.213 e. The van der Waals surface area contributed by atoms with Gasteiger partial charge in [-0.2, -0.15) is 0 Å². The Bertz CT molecular complexity index is 898. The number of rotatable bonds is 7. The number of nitrogens with one attached hydrogen (secondary N) is 1. The van der Waals surface area contributed by atoms with Gasteiger partial charge in [-0.25, -0.2) is 4.98 Å². The molecule has 1 aliphatic carbocycles. The van der Waals surface area contributed by atoms with Gasteiger partial charge in [0.2, 0.25) is 5.88 Å². The molecule has 0 saturated heterocycles. The van der Waals surface area contributed by atoms with Crippen molar-refractivity contribution in [3.63, 3.8) is 0 Å². The first kappa shape index (κ1) is 20.0. The zero-order chi connectivity index (χ0) is 20.1. The Labute approximate surface area is 172 Å². The van der Waals surface area contributed by atoms with Crippen LogP contribution in [0.3, 0.4) is 0 Å². The van der Waals surface area contributed by atoms with E-state index in [1.165, 1.54) is 11.3 Å². The number of nitrogens with zero attached hydrogens (tertiary/aromatic N) is 2. The predicted octanol–water partition coefficient (Wildman–Crippen LogP) is 4.19. The van der Waals surface area contributed by atoms with Crippen molar-refractivity contribution in [2.24, 2.45) is 4.99 Å². The number of aromatic nitrogens is 1. The van der Waals surface area contributed by atoms with E-state index < -0.39 is 5.60 Å². The Morgan fingerprint density at radius 1 is 1.21 bits per heavy atom. The first-order chi connectivity index (χ1) is 14.1. The van der Waals surface area contributed by atoms with Crippen molar-refractivity contribution in [1.82, 2.24) is 10.3 Å². The molecular formula is C24H31N3O2. The fraction of sp³-hybridized carbons (Fsp3) is 0.500. The third-order valence-corrected chi connectivity index (χ3v) is 6.32. The molecule has 0 radical (unpaired) electrons. The molecule has 154 valence electrons. The Morgan fingerprint density at radius 2 is 2.07 bits per heavy atom. The largest absolute Gasteiger partial charge is 0.481 e. The van der Waals surface area contributed by atoms with Crippen LogP contribution in [0.1, 0.15) is 50.5 Å². The number of aliphatic imine (C=N–C) groups is 1. The SMILES string of the molecule is COc1ccc2cccc(CCC3(O)CCC(NCC4=NC=CCC4)CC3)c2n1. The van der Waals surface area contributed by atoms with Crippen LogP contribution in [-0.2, 0) is 6.42 Å². The van der Waals surface area contributed by atoms with Gasteiger partial charge >= 0.3 is 0 Å². The normalized spacial score (nSPS) is 24.5. The van der Waals surface area contributed by atoms with Crippen LogP contribution >= 0.6 is 0 Å². The van der Waals surface area contributed by atoms with Gasteiger partial charge in [-0.1, -0.05) is 24.3 Å². The van der Waals surface area contributed by atoms with E-state index in [0.717, 1.165) is 68.8 Å². The molecule has 2 aliphatic rings. The minimum Gasteiger partial charge on any atom is -0.481 e. The van der Waals surface area contributed by atoms with Crippen LogP contribution in [-0.4, -0.2) is 41.1 Å². The summed E-state index contributed by atoms with van der Waals surface area (Å²) < 4.78 is 5.29. The minimum atomic E-state index is -0.579. The van der Waals surface area contributed by atoms with Gasteiger partial charge in [0.15, 0.2) is 0 Å². The quantitative estimate of drug-likeness (QED) is 0.740. The van der Waals surface area contributed by atoms with E-state index in [0.29, 0.717) is 11.9 Å². The minimum absolute atomic E-state index is 0.479. The van der Waals surface area contributed by atoms with Crippen molar-refractivity contribution in [1.29, 1.82) is 0 Å². The second-order valence-corrected chi connectivity index (χ2v) is 8.34. The molecule has 5 nitrogen and oxygen atoms in total. The summed E-state index contributed by atoms with van der Waals surface area (Å²) in [5.74, 6) is 0.633. The molecule has 0 amide bonds. The summed E-state index contributed by atoms with van der Waals surface area (Å²) in [6.45, 7) is 0.872. The van der Waals surface area contributed by atoms with Gasteiger partial charge < -0.3 is 15.2 Å². The van der Waals surface area contributed by atoms with E-state index >= 15 is 0 Å². The molecule has 1 aromatic heterocycles. The van der Waals surface area contributed by atoms with Gasteiger partial charge in [0.05, 0.1) is 18.2 Å². The fourth-order valence-corrected chi connectivity index (χ4v) is 4.43. The van der Waals surface area contributed by atoms with Crippen molar-refractivity contribution in [2.75, 3.05) is 13.7 Å². The lowest BCUT2D eigenvalue weighted by molar-refractivity contribution is -0.0102. The van der Waals surface area contributed by atoms with Crippen LogP contribution in [0.25, 0.3) is 10.9 Å². The Balaban J connectivity index is 1.32. The van der Waals surface area contributed by atoms with Crippen molar-refractivity contribution in [2.45, 2.75) is 63.0 Å². The number of ether oxygens (including phenoxy) is 1. The number of allylic oxidation sites excluding steroid dienone is 1. The van der Waals surface area contributed by atoms with Gasteiger partial charge in [-0.3, -0.25) is 4.99 Å². The maximum absolute atomic E-state index is 11.1. The number of hydrogen-bond donors (Lipinski definition) is 2. The second kappa shape index (κ2) is 9.06. The van der Waals surface area contributed by atoms with Crippen LogP contribution in [0.5, 0.6) is 5.88 Å². The topological polar surface area (TPSA) is 66.7 Å². The highest BCUT2D eigenvalue weighted by Gasteiger charge is 2.32. The van der Waals surface area contributed by atoms with Crippen molar-refractivity contribution in [3.05, 3.63) is 48.2 Å². The highest BCUT2D eigenvalue weighted by Crippen LogP contribution is 2.33. The standard InChI is InChI=1S/C24H31N3O2/c1-29-22-9-8-18-5-4-6-19(23(18)27-22)10-13-24(28)14-11-20(12-15-24)26-17-21-7-2-3-16-25-21/h3-6,8-9,16,20,26,28H,2,7,10-15,17H2,1H3. The number of aliphatic hydroxyl groups is 1. The summed E-state index contributed by atoms with van der Waals surface area (Å²) in [7, 11) is 1.64. The molecular weight excluding hydrogens is 362 g/mol. The highest BCUT2D eigenvalue weighted by atomic mass is 16.5. The molecule has 0 spiro atoms. The number of fused-ring (bicyclic) bond motifs is 1. The van der Waals surface area contributed by atoms with E-state index in [4.69, 9.17) is 4.74 Å². The summed E-state index contributed by atoms with van der Waals surface area (Å²) in [5.41, 5.74) is 2.82. The summed E-state index contributed by atoms with van der Waals surface area (Å²) in [5, 5.41) is 15.9. The lowest BCUT2D eigenvalue weighted by Crippen LogP contribution is -2.43. The second-order valence-electron chi connectivity index (χ2n) is 8.34. The van der Waals surface area contributed by atoms with Crippen LogP contribution < -0.4 is 10.1 Å². The number of methoxy groups -OCH3 is 1. The van der Waals surface area contributed by atoms with Crippen molar-refractivity contribution in [3.8, 4) is 5.88 Å². The summed E-state index contributed by atoms with van der Waals surface area (Å²) in [6.07, 6.45) is 11.5. The Morgan fingerprint density at radius 3 is 2.83 bits per heavy atom. The molecule has 1 saturated carbocycles. The molecule has 1 aromatic carbocycles. The molecule has 2 N–H and O–H groups in total. The van der Waals surface area contributed by atoms with Crippen LogP contribution in [0.2, 0.25) is 0 Å². The lowest BCUT2D eigenvalue weighted by atomic mass is 9.78. The summed E-state index contributed by atoms with van der Waals surface area (Å²) in [4.78, 5) is 9.08. The van der Waals surface area contributed by atoms with E-state index in [2.05, 4.69) is 39.6 Å². The summed E-state index contributed by atoms with van der Waals surface area (Å²) >= 11 is 0. The van der Waals surface area contributed by atoms with Crippen LogP contribution in [0.15, 0.2) is 47.6 Å². The molecule has 0 atom stereocenters. The third-order valence-electron chi connectivity index (χ3n) is 6.32. The molecule has 1 aliphatic heterocycles. The predicted molar refractivity (Wildman–Crippen MR) is 118 cm³/mol. The molecule has 5 heteroatoms. The number of hydrogen-bond acceptors (Lipinski definition) is 5. The zero-order valence-electron chi connectivity index (χ0n) is 17.2. The molecule has 2 heterocycles. The van der Waals surface area contributed by atoms with Gasteiger partial charge in [0.1, 0.15) is 0 Å². The van der Waals surface area contributed by atoms with Gasteiger partial charge in [0.25, 0.3) is 0 Å². The van der Waals surface area contributed by atoms with Crippen LogP contribution in [0, 0.1) is 0 Å². The maximum Gasteiger partial charge on any atom is 0.213 e. The number of pyridine rings is 1. The average Bonchev–Trinajstić information content (AvgIpc) is 2.78. The zero-order valence-corrected chi connectivity index (χ0v) is 17.2. The lowest BCUT2D eigenvalue weighted by Gasteiger charge is -2.36. The molecule has 0 bridgehead atoms. The molecule has 29 heavy (non-hydrogen) atoms. The first-order valence-electron chi connectivity index (χ1n) is 10.7. The first-order valence-corrected chi connectivity index (χ1v) is 10.7. The number of benzene rings is 1.